The van der Waals surface area contributed by atoms with Crippen molar-refractivity contribution in [3.8, 4) is 11.1 Å². The number of aliphatic carboxylic acids is 1. The van der Waals surface area contributed by atoms with Crippen molar-refractivity contribution in [3.63, 3.8) is 0 Å². The summed E-state index contributed by atoms with van der Waals surface area (Å²) in [5, 5.41) is 9.54. The van der Waals surface area contributed by atoms with E-state index in [1.807, 2.05) is 54.6 Å². The number of nitrogens with zero attached hydrogens (tertiary/aromatic N) is 1. The van der Waals surface area contributed by atoms with Gasteiger partial charge in [0.2, 0.25) is 10.0 Å². The number of H-pyrrole nitrogens is 1. The number of para-hydroxylation sites is 2. The second-order valence-electron chi connectivity index (χ2n) is 7.14. The van der Waals surface area contributed by atoms with Gasteiger partial charge in [-0.2, -0.15) is 4.72 Å². The van der Waals surface area contributed by atoms with E-state index in [2.05, 4.69) is 14.7 Å². The summed E-state index contributed by atoms with van der Waals surface area (Å²) in [7, 11) is -3.99. The van der Waals surface area contributed by atoms with Crippen LogP contribution >= 0.6 is 0 Å². The fraction of sp³-hybridized carbons (Fsp3) is 0.130. The van der Waals surface area contributed by atoms with Gasteiger partial charge in [0, 0.05) is 6.42 Å². The van der Waals surface area contributed by atoms with Gasteiger partial charge in [-0.1, -0.05) is 54.6 Å². The van der Waals surface area contributed by atoms with E-state index >= 15 is 0 Å². The summed E-state index contributed by atoms with van der Waals surface area (Å²) in [5.41, 5.74) is 3.47. The summed E-state index contributed by atoms with van der Waals surface area (Å²) < 4.78 is 27.8. The Hall–Kier alpha value is -3.49. The zero-order valence-corrected chi connectivity index (χ0v) is 17.3. The minimum Gasteiger partial charge on any atom is -0.480 e. The third-order valence-electron chi connectivity index (χ3n) is 4.98. The highest BCUT2D eigenvalue weighted by atomic mass is 32.2. The third-order valence-corrected chi connectivity index (χ3v) is 6.46. The number of carboxylic acids is 1. The van der Waals surface area contributed by atoms with Crippen LogP contribution in [0.5, 0.6) is 0 Å². The van der Waals surface area contributed by atoms with Gasteiger partial charge in [0.15, 0.2) is 0 Å². The molecule has 1 atom stereocenters. The van der Waals surface area contributed by atoms with Gasteiger partial charge < -0.3 is 10.1 Å². The average molecular weight is 436 g/mol. The number of imidazole rings is 1. The molecular weight excluding hydrogens is 414 g/mol. The lowest BCUT2D eigenvalue weighted by atomic mass is 10.1. The van der Waals surface area contributed by atoms with Gasteiger partial charge in [-0.3, -0.25) is 4.79 Å². The smallest absolute Gasteiger partial charge is 0.321 e. The van der Waals surface area contributed by atoms with Gasteiger partial charge in [0.25, 0.3) is 0 Å². The number of aromatic amines is 1. The maximum absolute atomic E-state index is 12.7. The Morgan fingerprint density at radius 2 is 1.58 bits per heavy atom. The molecule has 0 fully saturated rings. The summed E-state index contributed by atoms with van der Waals surface area (Å²) in [6, 6.07) is 22.1. The summed E-state index contributed by atoms with van der Waals surface area (Å²) >= 11 is 0. The molecule has 0 aliphatic rings. The van der Waals surface area contributed by atoms with Crippen LogP contribution < -0.4 is 4.72 Å². The van der Waals surface area contributed by atoms with E-state index in [1.165, 1.54) is 12.1 Å². The molecule has 0 bridgehead atoms. The molecule has 1 aromatic heterocycles. The fourth-order valence-electron chi connectivity index (χ4n) is 3.35. The van der Waals surface area contributed by atoms with Crippen LogP contribution in [-0.4, -0.2) is 35.5 Å². The molecular formula is C23H21N3O4S. The van der Waals surface area contributed by atoms with Crippen LogP contribution in [0.1, 0.15) is 12.2 Å². The van der Waals surface area contributed by atoms with E-state index < -0.39 is 22.0 Å². The first-order valence-corrected chi connectivity index (χ1v) is 11.2. The Morgan fingerprint density at radius 1 is 0.935 bits per heavy atom. The molecule has 3 N–H and O–H groups in total. The number of carbonyl (C=O) groups is 1. The number of aromatic nitrogens is 2. The normalized spacial score (nSPS) is 12.6. The first-order chi connectivity index (χ1) is 14.9. The molecule has 0 saturated heterocycles. The Balaban J connectivity index is 1.47. The average Bonchev–Trinajstić information content (AvgIpc) is 3.20. The minimum absolute atomic E-state index is 0.0159. The van der Waals surface area contributed by atoms with Crippen molar-refractivity contribution in [1.82, 2.24) is 14.7 Å². The molecule has 0 radical (unpaired) electrons. The molecule has 4 rings (SSSR count). The predicted octanol–water partition coefficient (Wildman–Crippen LogP) is 3.59. The van der Waals surface area contributed by atoms with E-state index in [1.54, 1.807) is 12.1 Å². The Morgan fingerprint density at radius 3 is 2.26 bits per heavy atom. The largest absolute Gasteiger partial charge is 0.480 e. The molecule has 0 aliphatic carbocycles. The number of sulfonamides is 1. The number of carboxylic acid groups (broad SMARTS) is 1. The van der Waals surface area contributed by atoms with Crippen molar-refractivity contribution in [2.45, 2.75) is 23.8 Å². The first-order valence-electron chi connectivity index (χ1n) is 9.77. The molecule has 4 aromatic rings. The first kappa shape index (κ1) is 20.8. The Kier molecular flexibility index (Phi) is 5.83. The van der Waals surface area contributed by atoms with Gasteiger partial charge in [0.1, 0.15) is 11.9 Å². The zero-order chi connectivity index (χ0) is 21.8. The fourth-order valence-corrected chi connectivity index (χ4v) is 4.57. The molecule has 8 heteroatoms. The number of fused-ring (bicyclic) bond motifs is 1. The summed E-state index contributed by atoms with van der Waals surface area (Å²) in [5.74, 6) is -0.626. The van der Waals surface area contributed by atoms with Crippen molar-refractivity contribution in [3.05, 3.63) is 84.7 Å². The van der Waals surface area contributed by atoms with Gasteiger partial charge in [-0.05, 0) is 41.8 Å². The summed E-state index contributed by atoms with van der Waals surface area (Å²) in [4.78, 5) is 19.2. The molecule has 158 valence electrons. The van der Waals surface area contributed by atoms with Crippen LogP contribution in [0.25, 0.3) is 22.2 Å². The van der Waals surface area contributed by atoms with Crippen LogP contribution in [-0.2, 0) is 21.2 Å². The third kappa shape index (κ3) is 4.82. The molecule has 1 heterocycles. The number of benzene rings is 3. The van der Waals surface area contributed by atoms with Crippen LogP contribution in [0, 0.1) is 0 Å². The molecule has 0 saturated carbocycles. The Bertz CT molecular complexity index is 1270. The topological polar surface area (TPSA) is 112 Å². The number of hydrogen-bond acceptors (Lipinski definition) is 4. The SMILES string of the molecule is O=C(O)[C@H](CCc1nc2ccccc2[nH]1)NS(=O)(=O)c1ccc(-c2ccccc2)cc1. The molecule has 0 aliphatic heterocycles. The van der Waals surface area contributed by atoms with Gasteiger partial charge in [-0.25, -0.2) is 13.4 Å². The lowest BCUT2D eigenvalue weighted by Crippen LogP contribution is -2.41. The van der Waals surface area contributed by atoms with E-state index in [4.69, 9.17) is 0 Å². The summed E-state index contributed by atoms with van der Waals surface area (Å²) in [6.07, 6.45) is 0.359. The number of hydrogen-bond donors (Lipinski definition) is 3. The highest BCUT2D eigenvalue weighted by Gasteiger charge is 2.25. The highest BCUT2D eigenvalue weighted by molar-refractivity contribution is 7.89. The quantitative estimate of drug-likeness (QED) is 0.392. The number of nitrogens with one attached hydrogen (secondary N) is 2. The van der Waals surface area contributed by atoms with Gasteiger partial charge >= 0.3 is 5.97 Å². The van der Waals surface area contributed by atoms with Crippen LogP contribution in [0.3, 0.4) is 0 Å². The second-order valence-corrected chi connectivity index (χ2v) is 8.86. The Labute approximate surface area is 179 Å². The van der Waals surface area contributed by atoms with Crippen LogP contribution in [0.15, 0.2) is 83.8 Å². The zero-order valence-electron chi connectivity index (χ0n) is 16.5. The van der Waals surface area contributed by atoms with Crippen molar-refractivity contribution in [1.29, 1.82) is 0 Å². The minimum atomic E-state index is -3.99. The van der Waals surface area contributed by atoms with Crippen LogP contribution in [0.2, 0.25) is 0 Å². The monoisotopic (exact) mass is 435 g/mol. The maximum Gasteiger partial charge on any atom is 0.321 e. The molecule has 7 nitrogen and oxygen atoms in total. The van der Waals surface area contributed by atoms with Crippen molar-refractivity contribution in [2.24, 2.45) is 0 Å². The van der Waals surface area contributed by atoms with Crippen molar-refractivity contribution in [2.75, 3.05) is 0 Å². The lowest BCUT2D eigenvalue weighted by molar-refractivity contribution is -0.139. The van der Waals surface area contributed by atoms with E-state index in [0.29, 0.717) is 12.2 Å². The highest BCUT2D eigenvalue weighted by Crippen LogP contribution is 2.21. The van der Waals surface area contributed by atoms with Crippen LogP contribution in [0.4, 0.5) is 0 Å². The maximum atomic E-state index is 12.7. The lowest BCUT2D eigenvalue weighted by Gasteiger charge is -2.14. The van der Waals surface area contributed by atoms with Crippen molar-refractivity contribution < 1.29 is 18.3 Å². The number of rotatable bonds is 8. The molecule has 0 spiro atoms. The standard InChI is InChI=1S/C23H21N3O4S/c27-23(28)21(14-15-22-24-19-8-4-5-9-20(19)25-22)26-31(29,30)18-12-10-17(11-13-18)16-6-2-1-3-7-16/h1-13,21,26H,14-15H2,(H,24,25)(H,27,28)/t21-/m0/s1. The second kappa shape index (κ2) is 8.71. The molecule has 0 amide bonds. The number of aryl methyl sites for hydroxylation is 1. The van der Waals surface area contributed by atoms with Gasteiger partial charge in [0.05, 0.1) is 15.9 Å². The van der Waals surface area contributed by atoms with E-state index in [0.717, 1.165) is 22.2 Å². The molecule has 0 unspecified atom stereocenters. The predicted molar refractivity (Wildman–Crippen MR) is 118 cm³/mol. The molecule has 3 aromatic carbocycles. The molecule has 31 heavy (non-hydrogen) atoms. The van der Waals surface area contributed by atoms with Crippen molar-refractivity contribution >= 4 is 27.0 Å². The van der Waals surface area contributed by atoms with E-state index in [-0.39, 0.29) is 11.3 Å². The van der Waals surface area contributed by atoms with Gasteiger partial charge in [-0.15, -0.1) is 0 Å². The van der Waals surface area contributed by atoms with E-state index in [9.17, 15) is 18.3 Å². The summed E-state index contributed by atoms with van der Waals surface area (Å²) in [6.45, 7) is 0.